The number of hydrogen-bond donors (Lipinski definition) is 2. The van der Waals surface area contributed by atoms with Gasteiger partial charge in [-0.15, -0.1) is 0 Å². The number of nitrogens with two attached hydrogens (primary N) is 1. The Morgan fingerprint density at radius 2 is 1.57 bits per heavy atom. The number of primary amides is 1. The van der Waals surface area contributed by atoms with E-state index in [9.17, 15) is 14.7 Å². The van der Waals surface area contributed by atoms with Gasteiger partial charge in [0.1, 0.15) is 11.3 Å². The Morgan fingerprint density at radius 1 is 0.967 bits per heavy atom. The van der Waals surface area contributed by atoms with Crippen LogP contribution in [0.3, 0.4) is 0 Å². The van der Waals surface area contributed by atoms with Crippen LogP contribution in [0.15, 0.2) is 41.3 Å². The fraction of sp³-hybridized carbons (Fsp3) is 0.360. The smallest absolute Gasteiger partial charge is 0.254 e. The average molecular weight is 407 g/mol. The predicted molar refractivity (Wildman–Crippen MR) is 122 cm³/mol. The van der Waals surface area contributed by atoms with E-state index < -0.39 is 5.91 Å². The molecule has 3 N–H and O–H groups in total. The van der Waals surface area contributed by atoms with Crippen LogP contribution in [0.1, 0.15) is 68.6 Å². The fourth-order valence-electron chi connectivity index (χ4n) is 3.79. The van der Waals surface area contributed by atoms with Gasteiger partial charge in [0.05, 0.1) is 11.2 Å². The Hall–Kier alpha value is -3.08. The van der Waals surface area contributed by atoms with Crippen LogP contribution < -0.4 is 11.2 Å². The van der Waals surface area contributed by atoms with Gasteiger partial charge in [-0.2, -0.15) is 0 Å². The van der Waals surface area contributed by atoms with Crippen LogP contribution in [0.5, 0.6) is 5.75 Å². The molecule has 0 aliphatic carbocycles. The van der Waals surface area contributed by atoms with Crippen LogP contribution >= 0.6 is 0 Å². The molecule has 1 amide bonds. The highest BCUT2D eigenvalue weighted by atomic mass is 16.3. The number of aromatic nitrogens is 1. The zero-order valence-corrected chi connectivity index (χ0v) is 18.8. The van der Waals surface area contributed by atoms with E-state index in [4.69, 9.17) is 5.73 Å². The van der Waals surface area contributed by atoms with Crippen molar-refractivity contribution in [3.8, 4) is 11.4 Å². The number of fused-ring (bicyclic) bond motifs is 1. The zero-order valence-electron chi connectivity index (χ0n) is 18.8. The fourth-order valence-corrected chi connectivity index (χ4v) is 3.79. The van der Waals surface area contributed by atoms with E-state index in [0.29, 0.717) is 16.6 Å². The van der Waals surface area contributed by atoms with E-state index in [0.717, 1.165) is 16.7 Å². The van der Waals surface area contributed by atoms with Gasteiger partial charge in [0.25, 0.3) is 5.91 Å². The lowest BCUT2D eigenvalue weighted by molar-refractivity contribution is 0.0999. The van der Waals surface area contributed by atoms with Gasteiger partial charge in [0, 0.05) is 17.6 Å². The molecule has 158 valence electrons. The molecule has 0 radical (unpaired) electrons. The van der Waals surface area contributed by atoms with Crippen molar-refractivity contribution in [1.29, 1.82) is 0 Å². The van der Waals surface area contributed by atoms with Crippen molar-refractivity contribution < 1.29 is 9.90 Å². The molecule has 0 fully saturated rings. The molecular weight excluding hydrogens is 376 g/mol. The first-order valence-electron chi connectivity index (χ1n) is 10.1. The third kappa shape index (κ3) is 3.72. The molecule has 1 aromatic heterocycles. The minimum absolute atomic E-state index is 0.0781. The highest BCUT2D eigenvalue weighted by Gasteiger charge is 2.27. The van der Waals surface area contributed by atoms with Gasteiger partial charge >= 0.3 is 0 Å². The van der Waals surface area contributed by atoms with Crippen molar-refractivity contribution in [2.24, 2.45) is 5.73 Å². The van der Waals surface area contributed by atoms with Crippen LogP contribution in [0.25, 0.3) is 16.6 Å². The largest absolute Gasteiger partial charge is 0.508 e. The molecule has 0 bridgehead atoms. The van der Waals surface area contributed by atoms with Crippen LogP contribution in [-0.4, -0.2) is 15.6 Å². The van der Waals surface area contributed by atoms with Crippen molar-refractivity contribution in [3.05, 3.63) is 69.0 Å². The number of rotatable bonds is 2. The van der Waals surface area contributed by atoms with Crippen molar-refractivity contribution in [3.63, 3.8) is 0 Å². The molecule has 5 heteroatoms. The van der Waals surface area contributed by atoms with E-state index in [2.05, 4.69) is 41.5 Å². The lowest BCUT2D eigenvalue weighted by Gasteiger charge is -2.29. The van der Waals surface area contributed by atoms with E-state index in [1.54, 1.807) is 16.7 Å². The molecule has 0 spiro atoms. The van der Waals surface area contributed by atoms with Gasteiger partial charge in [-0.1, -0.05) is 47.6 Å². The molecule has 5 nitrogen and oxygen atoms in total. The summed E-state index contributed by atoms with van der Waals surface area (Å²) in [7, 11) is 0. The SMILES string of the molecule is Cc1ccc2c(=O)c(C(N)=O)cn(-c3cc(O)c(C(C)(C)C)cc3C(C)(C)C)c2c1. The quantitative estimate of drug-likeness (QED) is 0.647. The number of benzene rings is 2. The molecule has 0 unspecified atom stereocenters. The second-order valence-corrected chi connectivity index (χ2v) is 10.0. The number of carbonyl (C=O) groups is 1. The lowest BCUT2D eigenvalue weighted by atomic mass is 9.79. The van der Waals surface area contributed by atoms with E-state index in [1.165, 1.54) is 6.20 Å². The number of aromatic hydroxyl groups is 1. The predicted octanol–water partition coefficient (Wildman–Crippen LogP) is 4.70. The highest BCUT2D eigenvalue weighted by molar-refractivity contribution is 5.96. The average Bonchev–Trinajstić information content (AvgIpc) is 2.59. The van der Waals surface area contributed by atoms with Crippen LogP contribution in [-0.2, 0) is 10.8 Å². The molecule has 30 heavy (non-hydrogen) atoms. The Labute approximate surface area is 177 Å². The number of amides is 1. The number of phenols is 1. The van der Waals surface area contributed by atoms with Gasteiger partial charge < -0.3 is 15.4 Å². The molecular formula is C25H30N2O3. The topological polar surface area (TPSA) is 85.3 Å². The van der Waals surface area contributed by atoms with Crippen LogP contribution in [0.2, 0.25) is 0 Å². The summed E-state index contributed by atoms with van der Waals surface area (Å²) in [5.41, 5.74) is 8.74. The Kier molecular flexibility index (Phi) is 5.05. The maximum Gasteiger partial charge on any atom is 0.254 e. The summed E-state index contributed by atoms with van der Waals surface area (Å²) in [6.45, 7) is 14.4. The minimum atomic E-state index is -0.774. The maximum absolute atomic E-state index is 12.8. The van der Waals surface area contributed by atoms with Gasteiger partial charge in [-0.3, -0.25) is 9.59 Å². The van der Waals surface area contributed by atoms with Gasteiger partial charge in [-0.05, 0) is 52.6 Å². The van der Waals surface area contributed by atoms with E-state index in [1.807, 2.05) is 25.1 Å². The first-order chi connectivity index (χ1) is 13.7. The Balaban J connectivity index is 2.53. The summed E-state index contributed by atoms with van der Waals surface area (Å²) in [6, 6.07) is 9.20. The number of aryl methyl sites for hydroxylation is 1. The first kappa shape index (κ1) is 21.6. The molecule has 0 aliphatic heterocycles. The summed E-state index contributed by atoms with van der Waals surface area (Å²) in [4.78, 5) is 24.8. The Morgan fingerprint density at radius 3 is 2.10 bits per heavy atom. The molecule has 0 atom stereocenters. The van der Waals surface area contributed by atoms with E-state index in [-0.39, 0.29) is 27.6 Å². The zero-order chi connectivity index (χ0) is 22.6. The number of phenolic OH excluding ortho intramolecular Hbond substituents is 1. The summed E-state index contributed by atoms with van der Waals surface area (Å²) >= 11 is 0. The molecule has 1 heterocycles. The van der Waals surface area contributed by atoms with Crippen molar-refractivity contribution in [1.82, 2.24) is 4.57 Å². The second-order valence-electron chi connectivity index (χ2n) is 10.0. The van der Waals surface area contributed by atoms with Gasteiger partial charge in [-0.25, -0.2) is 0 Å². The molecule has 2 aromatic carbocycles. The summed E-state index contributed by atoms with van der Waals surface area (Å²) in [5.74, 6) is -0.602. The van der Waals surface area contributed by atoms with Gasteiger partial charge in [0.15, 0.2) is 0 Å². The van der Waals surface area contributed by atoms with Crippen molar-refractivity contribution >= 4 is 16.8 Å². The van der Waals surface area contributed by atoms with Crippen LogP contribution in [0.4, 0.5) is 0 Å². The minimum Gasteiger partial charge on any atom is -0.508 e. The van der Waals surface area contributed by atoms with Crippen LogP contribution in [0, 0.1) is 6.92 Å². The number of pyridine rings is 1. The van der Waals surface area contributed by atoms with Crippen molar-refractivity contribution in [2.75, 3.05) is 0 Å². The molecule has 3 rings (SSSR count). The normalized spacial score (nSPS) is 12.4. The third-order valence-corrected chi connectivity index (χ3v) is 5.42. The monoisotopic (exact) mass is 406 g/mol. The molecule has 0 saturated heterocycles. The maximum atomic E-state index is 12.8. The van der Waals surface area contributed by atoms with E-state index >= 15 is 0 Å². The standard InChI is InChI=1S/C25H30N2O3/c1-14-8-9-15-19(10-14)27(13-16(22(15)29)23(26)30)20-12-21(28)18(25(5,6)7)11-17(20)24(2,3)4/h8-13,28H,1-7H3,(H2,26,30). The highest BCUT2D eigenvalue weighted by Crippen LogP contribution is 2.39. The number of carbonyl (C=O) groups excluding carboxylic acids is 1. The Bertz CT molecular complexity index is 1220. The second kappa shape index (κ2) is 7.01. The molecule has 0 aliphatic rings. The summed E-state index contributed by atoms with van der Waals surface area (Å²) < 4.78 is 1.80. The third-order valence-electron chi connectivity index (χ3n) is 5.42. The van der Waals surface area contributed by atoms with Gasteiger partial charge in [0.2, 0.25) is 5.43 Å². The lowest BCUT2D eigenvalue weighted by Crippen LogP contribution is -2.25. The van der Waals surface area contributed by atoms with Crippen molar-refractivity contribution in [2.45, 2.75) is 59.3 Å². The number of nitrogens with zero attached hydrogens (tertiary/aromatic N) is 1. The number of hydrogen-bond acceptors (Lipinski definition) is 3. The first-order valence-corrected chi connectivity index (χ1v) is 10.1. The molecule has 0 saturated carbocycles. The summed E-state index contributed by atoms with van der Waals surface area (Å²) in [6.07, 6.45) is 1.49. The summed E-state index contributed by atoms with van der Waals surface area (Å²) in [5, 5.41) is 11.3. The molecule has 3 aromatic rings.